The third kappa shape index (κ3) is 5.11. The second-order valence-corrected chi connectivity index (χ2v) is 5.89. The van der Waals surface area contributed by atoms with Crippen LogP contribution in [0.1, 0.15) is 11.1 Å². The number of nitrogens with zero attached hydrogens (tertiary/aromatic N) is 2. The van der Waals surface area contributed by atoms with Crippen molar-refractivity contribution in [2.24, 2.45) is 0 Å². The van der Waals surface area contributed by atoms with Gasteiger partial charge in [0.2, 0.25) is 0 Å². The van der Waals surface area contributed by atoms with Gasteiger partial charge in [-0.3, -0.25) is 0 Å². The van der Waals surface area contributed by atoms with E-state index in [-0.39, 0.29) is 6.03 Å². The van der Waals surface area contributed by atoms with Crippen molar-refractivity contribution in [1.82, 2.24) is 20.4 Å². The molecule has 0 saturated heterocycles. The predicted octanol–water partition coefficient (Wildman–Crippen LogP) is 3.06. The van der Waals surface area contributed by atoms with Gasteiger partial charge < -0.3 is 15.4 Å². The molecule has 0 radical (unpaired) electrons. The van der Waals surface area contributed by atoms with Crippen LogP contribution in [0.4, 0.5) is 4.79 Å². The number of urea groups is 1. The Bertz CT molecular complexity index is 812. The second-order valence-electron chi connectivity index (χ2n) is 5.89. The fourth-order valence-electron chi connectivity index (χ4n) is 2.40. The monoisotopic (exact) mass is 350 g/mol. The third-order valence-corrected chi connectivity index (χ3v) is 3.84. The van der Waals surface area contributed by atoms with Gasteiger partial charge in [-0.15, -0.1) is 0 Å². The summed E-state index contributed by atoms with van der Waals surface area (Å²) in [4.78, 5) is 11.8. The number of ether oxygens (including phenoxy) is 1. The molecule has 0 bridgehead atoms. The summed E-state index contributed by atoms with van der Waals surface area (Å²) in [5.74, 6) is 0.801. The van der Waals surface area contributed by atoms with Gasteiger partial charge in [-0.25, -0.2) is 9.48 Å². The number of carbonyl (C=O) groups excluding carboxylic acids is 1. The number of hydrogen-bond donors (Lipinski definition) is 2. The minimum atomic E-state index is -0.214. The lowest BCUT2D eigenvalue weighted by Crippen LogP contribution is -2.37. The number of rotatable bonds is 7. The molecule has 6 heteroatoms. The number of aromatic nitrogens is 2. The molecular weight excluding hydrogens is 328 g/mol. The van der Waals surface area contributed by atoms with Crippen LogP contribution < -0.4 is 15.4 Å². The lowest BCUT2D eigenvalue weighted by molar-refractivity contribution is 0.236. The molecule has 0 aliphatic carbocycles. The second kappa shape index (κ2) is 8.71. The number of benzene rings is 2. The van der Waals surface area contributed by atoms with Crippen LogP contribution in [-0.2, 0) is 6.54 Å². The van der Waals surface area contributed by atoms with E-state index in [9.17, 15) is 4.79 Å². The first-order chi connectivity index (χ1) is 12.7. The Kier molecular flexibility index (Phi) is 5.88. The van der Waals surface area contributed by atoms with Crippen LogP contribution in [0.3, 0.4) is 0 Å². The van der Waals surface area contributed by atoms with Gasteiger partial charge in [0.05, 0.1) is 12.2 Å². The van der Waals surface area contributed by atoms with Gasteiger partial charge >= 0.3 is 6.03 Å². The molecule has 2 amide bonds. The van der Waals surface area contributed by atoms with E-state index in [2.05, 4.69) is 15.7 Å². The van der Waals surface area contributed by atoms with Crippen molar-refractivity contribution < 1.29 is 9.53 Å². The summed E-state index contributed by atoms with van der Waals surface area (Å²) in [5.41, 5.74) is 3.19. The van der Waals surface area contributed by atoms with Gasteiger partial charge in [0.1, 0.15) is 12.4 Å². The molecule has 1 heterocycles. The average molecular weight is 350 g/mol. The van der Waals surface area contributed by atoms with Gasteiger partial charge in [0, 0.05) is 18.9 Å². The van der Waals surface area contributed by atoms with Crippen molar-refractivity contribution >= 4 is 6.03 Å². The number of carbonyl (C=O) groups is 1. The molecule has 0 aliphatic heterocycles. The number of aryl methyl sites for hydroxylation is 1. The molecule has 26 heavy (non-hydrogen) atoms. The van der Waals surface area contributed by atoms with E-state index in [1.165, 1.54) is 5.56 Å². The molecule has 3 aromatic rings. The fourth-order valence-corrected chi connectivity index (χ4v) is 2.40. The zero-order chi connectivity index (χ0) is 18.2. The maximum absolute atomic E-state index is 11.8. The first-order valence-corrected chi connectivity index (χ1v) is 8.51. The van der Waals surface area contributed by atoms with Crippen LogP contribution in [0.5, 0.6) is 5.75 Å². The van der Waals surface area contributed by atoms with Gasteiger partial charge in [-0.1, -0.05) is 29.8 Å². The zero-order valence-corrected chi connectivity index (χ0v) is 14.7. The van der Waals surface area contributed by atoms with Crippen LogP contribution in [0.25, 0.3) is 5.69 Å². The molecule has 134 valence electrons. The molecule has 1 aromatic heterocycles. The van der Waals surface area contributed by atoms with Crippen molar-refractivity contribution in [1.29, 1.82) is 0 Å². The standard InChI is InChI=1S/C20H22N4O2/c1-16-3-9-19(10-4-16)26-14-12-21-20(25)22-15-17-5-7-18(8-6-17)24-13-2-11-23-24/h2-11,13H,12,14-15H2,1H3,(H2,21,22,25). The van der Waals surface area contributed by atoms with Crippen molar-refractivity contribution in [2.75, 3.05) is 13.2 Å². The summed E-state index contributed by atoms with van der Waals surface area (Å²) < 4.78 is 7.36. The molecule has 6 nitrogen and oxygen atoms in total. The van der Waals surface area contributed by atoms with Crippen molar-refractivity contribution in [3.63, 3.8) is 0 Å². The molecule has 2 N–H and O–H groups in total. The maximum Gasteiger partial charge on any atom is 0.315 e. The summed E-state index contributed by atoms with van der Waals surface area (Å²) >= 11 is 0. The van der Waals surface area contributed by atoms with Crippen LogP contribution in [-0.4, -0.2) is 29.0 Å². The maximum atomic E-state index is 11.8. The molecule has 0 spiro atoms. The number of amides is 2. The Morgan fingerprint density at radius 1 is 1.08 bits per heavy atom. The largest absolute Gasteiger partial charge is 0.492 e. The lowest BCUT2D eigenvalue weighted by Gasteiger charge is -2.10. The SMILES string of the molecule is Cc1ccc(OCCNC(=O)NCc2ccc(-n3cccn3)cc2)cc1. The highest BCUT2D eigenvalue weighted by Gasteiger charge is 2.02. The first-order valence-electron chi connectivity index (χ1n) is 8.51. The van der Waals surface area contributed by atoms with Crippen molar-refractivity contribution in [3.05, 3.63) is 78.1 Å². The van der Waals surface area contributed by atoms with Gasteiger partial charge in [-0.05, 0) is 42.8 Å². The quantitative estimate of drug-likeness (QED) is 0.644. The Morgan fingerprint density at radius 2 is 1.85 bits per heavy atom. The van der Waals surface area contributed by atoms with Gasteiger partial charge in [0.25, 0.3) is 0 Å². The highest BCUT2D eigenvalue weighted by atomic mass is 16.5. The van der Waals surface area contributed by atoms with Gasteiger partial charge in [-0.2, -0.15) is 5.10 Å². The minimum absolute atomic E-state index is 0.214. The van der Waals surface area contributed by atoms with Crippen molar-refractivity contribution in [3.8, 4) is 11.4 Å². The summed E-state index contributed by atoms with van der Waals surface area (Å²) in [5, 5.41) is 9.79. The van der Waals surface area contributed by atoms with Crippen LogP contribution in [0.15, 0.2) is 67.0 Å². The molecule has 0 saturated carbocycles. The lowest BCUT2D eigenvalue weighted by atomic mass is 10.2. The molecule has 0 atom stereocenters. The Morgan fingerprint density at radius 3 is 2.54 bits per heavy atom. The fraction of sp³-hybridized carbons (Fsp3) is 0.200. The highest BCUT2D eigenvalue weighted by Crippen LogP contribution is 2.11. The van der Waals surface area contributed by atoms with E-state index in [0.29, 0.717) is 19.7 Å². The van der Waals surface area contributed by atoms with Gasteiger partial charge in [0.15, 0.2) is 0 Å². The molecule has 0 fully saturated rings. The summed E-state index contributed by atoms with van der Waals surface area (Å²) in [7, 11) is 0. The topological polar surface area (TPSA) is 68.2 Å². The third-order valence-electron chi connectivity index (χ3n) is 3.84. The van der Waals surface area contributed by atoms with E-state index < -0.39 is 0 Å². The minimum Gasteiger partial charge on any atom is -0.492 e. The normalized spacial score (nSPS) is 10.3. The van der Waals surface area contributed by atoms with Crippen LogP contribution >= 0.6 is 0 Å². The van der Waals surface area contributed by atoms with E-state index >= 15 is 0 Å². The Hall–Kier alpha value is -3.28. The molecule has 3 rings (SSSR count). The molecule has 2 aromatic carbocycles. The number of nitrogens with one attached hydrogen (secondary N) is 2. The molecule has 0 aliphatic rings. The zero-order valence-electron chi connectivity index (χ0n) is 14.7. The Balaban J connectivity index is 1.35. The summed E-state index contributed by atoms with van der Waals surface area (Å²) in [6, 6.07) is 17.4. The Labute approximate surface area is 152 Å². The highest BCUT2D eigenvalue weighted by molar-refractivity contribution is 5.73. The average Bonchev–Trinajstić information content (AvgIpc) is 3.20. The van der Waals surface area contributed by atoms with E-state index in [1.807, 2.05) is 67.7 Å². The van der Waals surface area contributed by atoms with Crippen LogP contribution in [0.2, 0.25) is 0 Å². The van der Waals surface area contributed by atoms with E-state index in [1.54, 1.807) is 10.9 Å². The number of hydrogen-bond acceptors (Lipinski definition) is 3. The first kappa shape index (κ1) is 17.5. The van der Waals surface area contributed by atoms with E-state index in [0.717, 1.165) is 17.0 Å². The predicted molar refractivity (Wildman–Crippen MR) is 100 cm³/mol. The summed E-state index contributed by atoms with van der Waals surface area (Å²) in [6.07, 6.45) is 3.63. The van der Waals surface area contributed by atoms with E-state index in [4.69, 9.17) is 4.74 Å². The summed E-state index contributed by atoms with van der Waals surface area (Å²) in [6.45, 7) is 3.36. The van der Waals surface area contributed by atoms with Crippen LogP contribution in [0, 0.1) is 6.92 Å². The molecule has 0 unspecified atom stereocenters. The van der Waals surface area contributed by atoms with Crippen molar-refractivity contribution in [2.45, 2.75) is 13.5 Å². The smallest absolute Gasteiger partial charge is 0.315 e. The molecular formula is C20H22N4O2.